The number of phenols is 1. The van der Waals surface area contributed by atoms with Gasteiger partial charge in [-0.1, -0.05) is 15.9 Å². The van der Waals surface area contributed by atoms with Crippen LogP contribution in [0.2, 0.25) is 0 Å². The third kappa shape index (κ3) is 3.46. The maximum Gasteiger partial charge on any atom is 0.138 e. The van der Waals surface area contributed by atoms with Crippen LogP contribution < -0.4 is 10.1 Å². The van der Waals surface area contributed by atoms with Gasteiger partial charge in [0.1, 0.15) is 11.5 Å². The minimum absolute atomic E-state index is 0.274. The summed E-state index contributed by atoms with van der Waals surface area (Å²) in [5.74, 6) is 1.09. The second kappa shape index (κ2) is 6.50. The third-order valence-corrected chi connectivity index (χ3v) is 4.02. The highest BCUT2D eigenvalue weighted by Crippen LogP contribution is 2.33. The number of ether oxygens (including phenoxy) is 1. The van der Waals surface area contributed by atoms with Crippen LogP contribution in [0, 0.1) is 6.92 Å². The Balaban J connectivity index is 2.22. The van der Waals surface area contributed by atoms with E-state index in [0.717, 1.165) is 31.5 Å². The summed E-state index contributed by atoms with van der Waals surface area (Å²) in [6.07, 6.45) is 0. The third-order valence-electron chi connectivity index (χ3n) is 2.97. The Morgan fingerprint density at radius 3 is 2.60 bits per heavy atom. The van der Waals surface area contributed by atoms with Crippen LogP contribution in [0.3, 0.4) is 0 Å². The zero-order valence-electron chi connectivity index (χ0n) is 11.2. The van der Waals surface area contributed by atoms with E-state index in [0.29, 0.717) is 6.54 Å². The second-order valence-electron chi connectivity index (χ2n) is 4.43. The van der Waals surface area contributed by atoms with Crippen LogP contribution in [0.1, 0.15) is 11.1 Å². The van der Waals surface area contributed by atoms with Crippen molar-refractivity contribution in [1.82, 2.24) is 0 Å². The number of phenolic OH excluding ortho intramolecular Hbond substituents is 1. The van der Waals surface area contributed by atoms with E-state index in [1.54, 1.807) is 19.2 Å². The Hall–Kier alpha value is -1.20. The molecule has 0 aromatic heterocycles. The van der Waals surface area contributed by atoms with Crippen LogP contribution in [0.5, 0.6) is 11.5 Å². The van der Waals surface area contributed by atoms with Gasteiger partial charge in [0.15, 0.2) is 0 Å². The highest BCUT2D eigenvalue weighted by Gasteiger charge is 2.09. The monoisotopic (exact) mass is 399 g/mol. The SMILES string of the molecule is COc1c(Br)cc(Br)cc1CNc1ccc(O)cc1C. The van der Waals surface area contributed by atoms with E-state index in [-0.39, 0.29) is 5.75 Å². The highest BCUT2D eigenvalue weighted by molar-refractivity contribution is 9.11. The van der Waals surface area contributed by atoms with Crippen LogP contribution in [0.25, 0.3) is 0 Å². The molecule has 0 aliphatic rings. The Morgan fingerprint density at radius 1 is 1.20 bits per heavy atom. The summed E-state index contributed by atoms with van der Waals surface area (Å²) >= 11 is 6.97. The Labute approximate surface area is 135 Å². The molecule has 0 saturated carbocycles. The first-order valence-electron chi connectivity index (χ1n) is 6.06. The molecule has 0 heterocycles. The standard InChI is InChI=1S/C15H15Br2NO2/c1-9-5-12(19)3-4-14(9)18-8-10-6-11(16)7-13(17)15(10)20-2/h3-7,18-19H,8H2,1-2H3. The number of hydrogen-bond donors (Lipinski definition) is 2. The fourth-order valence-electron chi connectivity index (χ4n) is 2.01. The van der Waals surface area contributed by atoms with E-state index < -0.39 is 0 Å². The summed E-state index contributed by atoms with van der Waals surface area (Å²) in [7, 11) is 1.66. The number of aromatic hydroxyl groups is 1. The lowest BCUT2D eigenvalue weighted by Gasteiger charge is -2.14. The lowest BCUT2D eigenvalue weighted by Crippen LogP contribution is -2.03. The van der Waals surface area contributed by atoms with Crippen molar-refractivity contribution in [1.29, 1.82) is 0 Å². The van der Waals surface area contributed by atoms with Gasteiger partial charge in [-0.15, -0.1) is 0 Å². The smallest absolute Gasteiger partial charge is 0.138 e. The van der Waals surface area contributed by atoms with Crippen LogP contribution in [0.15, 0.2) is 39.3 Å². The molecule has 2 rings (SSSR count). The zero-order valence-corrected chi connectivity index (χ0v) is 14.4. The zero-order chi connectivity index (χ0) is 14.7. The first-order chi connectivity index (χ1) is 9.51. The topological polar surface area (TPSA) is 41.5 Å². The molecule has 2 aromatic carbocycles. The van der Waals surface area contributed by atoms with E-state index in [2.05, 4.69) is 37.2 Å². The van der Waals surface area contributed by atoms with Crippen LogP contribution in [-0.2, 0) is 6.54 Å². The molecule has 0 saturated heterocycles. The first-order valence-corrected chi connectivity index (χ1v) is 7.65. The molecule has 3 nitrogen and oxygen atoms in total. The first kappa shape index (κ1) is 15.2. The van der Waals surface area contributed by atoms with Crippen molar-refractivity contribution in [3.8, 4) is 11.5 Å². The van der Waals surface area contributed by atoms with Gasteiger partial charge in [0.05, 0.1) is 11.6 Å². The molecule has 0 amide bonds. The predicted molar refractivity (Wildman–Crippen MR) is 88.6 cm³/mol. The van der Waals surface area contributed by atoms with Gasteiger partial charge in [-0.3, -0.25) is 0 Å². The van der Waals surface area contributed by atoms with Gasteiger partial charge in [-0.05, 0) is 58.7 Å². The van der Waals surface area contributed by atoms with Crippen molar-refractivity contribution in [3.63, 3.8) is 0 Å². The fourth-order valence-corrected chi connectivity index (χ4v) is 3.49. The summed E-state index contributed by atoms with van der Waals surface area (Å²) in [4.78, 5) is 0. The number of nitrogens with one attached hydrogen (secondary N) is 1. The number of aryl methyl sites for hydroxylation is 1. The van der Waals surface area contributed by atoms with E-state index in [4.69, 9.17) is 4.74 Å². The number of hydrogen-bond acceptors (Lipinski definition) is 3. The van der Waals surface area contributed by atoms with Gasteiger partial charge >= 0.3 is 0 Å². The lowest BCUT2D eigenvalue weighted by molar-refractivity contribution is 0.407. The summed E-state index contributed by atoms with van der Waals surface area (Å²) in [6, 6.07) is 9.24. The van der Waals surface area contributed by atoms with Gasteiger partial charge in [-0.25, -0.2) is 0 Å². The normalized spacial score (nSPS) is 10.4. The largest absolute Gasteiger partial charge is 0.508 e. The van der Waals surface area contributed by atoms with Gasteiger partial charge in [-0.2, -0.15) is 0 Å². The van der Waals surface area contributed by atoms with Gasteiger partial charge in [0, 0.05) is 22.3 Å². The quantitative estimate of drug-likeness (QED) is 0.721. The molecule has 0 atom stereocenters. The molecule has 0 radical (unpaired) electrons. The number of anilines is 1. The van der Waals surface area contributed by atoms with Gasteiger partial charge in [0.2, 0.25) is 0 Å². The summed E-state index contributed by atoms with van der Waals surface area (Å²) in [6.45, 7) is 2.59. The molecule has 106 valence electrons. The minimum atomic E-state index is 0.274. The number of halogens is 2. The minimum Gasteiger partial charge on any atom is -0.508 e. The summed E-state index contributed by atoms with van der Waals surface area (Å²) in [5, 5.41) is 12.8. The Bertz CT molecular complexity index is 630. The van der Waals surface area contributed by atoms with Crippen molar-refractivity contribution in [2.75, 3.05) is 12.4 Å². The molecule has 0 bridgehead atoms. The maximum absolute atomic E-state index is 9.42. The molecule has 0 aliphatic heterocycles. The van der Waals surface area contributed by atoms with Crippen molar-refractivity contribution in [3.05, 3.63) is 50.4 Å². The molecular weight excluding hydrogens is 386 g/mol. The second-order valence-corrected chi connectivity index (χ2v) is 6.20. The van der Waals surface area contributed by atoms with E-state index in [1.807, 2.05) is 25.1 Å². The van der Waals surface area contributed by atoms with Gasteiger partial charge in [0.25, 0.3) is 0 Å². The molecular formula is C15H15Br2NO2. The van der Waals surface area contributed by atoms with E-state index >= 15 is 0 Å². The van der Waals surface area contributed by atoms with Crippen molar-refractivity contribution in [2.45, 2.75) is 13.5 Å². The molecule has 0 fully saturated rings. The number of methoxy groups -OCH3 is 1. The molecule has 0 aliphatic carbocycles. The predicted octanol–water partition coefficient (Wildman–Crippen LogP) is 4.85. The van der Waals surface area contributed by atoms with E-state index in [1.165, 1.54) is 0 Å². The molecule has 5 heteroatoms. The number of rotatable bonds is 4. The van der Waals surface area contributed by atoms with Crippen LogP contribution in [0.4, 0.5) is 5.69 Å². The van der Waals surface area contributed by atoms with Crippen LogP contribution in [-0.4, -0.2) is 12.2 Å². The molecule has 0 spiro atoms. The van der Waals surface area contributed by atoms with Gasteiger partial charge < -0.3 is 15.2 Å². The van der Waals surface area contributed by atoms with Crippen molar-refractivity contribution in [2.24, 2.45) is 0 Å². The highest BCUT2D eigenvalue weighted by atomic mass is 79.9. The summed E-state index contributed by atoms with van der Waals surface area (Å²) < 4.78 is 7.32. The molecule has 2 N–H and O–H groups in total. The van der Waals surface area contributed by atoms with Crippen LogP contribution >= 0.6 is 31.9 Å². The van der Waals surface area contributed by atoms with Crippen molar-refractivity contribution >= 4 is 37.5 Å². The van der Waals surface area contributed by atoms with Crippen molar-refractivity contribution < 1.29 is 9.84 Å². The van der Waals surface area contributed by atoms with E-state index in [9.17, 15) is 5.11 Å². The Morgan fingerprint density at radius 2 is 1.95 bits per heavy atom. The molecule has 0 unspecified atom stereocenters. The maximum atomic E-state index is 9.42. The molecule has 20 heavy (non-hydrogen) atoms. The Kier molecular flexibility index (Phi) is 4.94. The fraction of sp³-hybridized carbons (Fsp3) is 0.200. The summed E-state index contributed by atoms with van der Waals surface area (Å²) in [5.41, 5.74) is 3.03. The lowest BCUT2D eigenvalue weighted by atomic mass is 10.1. The number of benzene rings is 2. The molecule has 2 aromatic rings. The average Bonchev–Trinajstić information content (AvgIpc) is 2.37. The average molecular weight is 401 g/mol.